The number of nitrogens with zero attached hydrogens (tertiary/aromatic N) is 2. The van der Waals surface area contributed by atoms with Crippen molar-refractivity contribution in [1.29, 1.82) is 0 Å². The first kappa shape index (κ1) is 11.8. The number of nitrogens with two attached hydrogens (primary N) is 1. The average molecular weight is 230 g/mol. The van der Waals surface area contributed by atoms with E-state index in [1.54, 1.807) is 0 Å². The zero-order chi connectivity index (χ0) is 12.3. The standard InChI is InChI=1S/C13H18N4/c1-13(2,5-6-14)12-16-8-4-11(17-12)10-3-7-15-9-10/h3-4,7-9,15H,5-6,14H2,1-2H3. The van der Waals surface area contributed by atoms with Crippen molar-refractivity contribution in [2.75, 3.05) is 6.54 Å². The molecule has 0 radical (unpaired) electrons. The molecule has 0 fully saturated rings. The van der Waals surface area contributed by atoms with E-state index >= 15 is 0 Å². The van der Waals surface area contributed by atoms with Crippen LogP contribution in [0.15, 0.2) is 30.7 Å². The summed E-state index contributed by atoms with van der Waals surface area (Å²) in [4.78, 5) is 12.0. The summed E-state index contributed by atoms with van der Waals surface area (Å²) in [6.07, 6.45) is 6.51. The van der Waals surface area contributed by atoms with Crippen LogP contribution >= 0.6 is 0 Å². The van der Waals surface area contributed by atoms with E-state index in [-0.39, 0.29) is 5.41 Å². The molecule has 90 valence electrons. The Morgan fingerprint density at radius 3 is 2.82 bits per heavy atom. The first-order valence-electron chi connectivity index (χ1n) is 5.80. The normalized spacial score (nSPS) is 11.7. The minimum absolute atomic E-state index is 0.0823. The average Bonchev–Trinajstić information content (AvgIpc) is 2.82. The zero-order valence-corrected chi connectivity index (χ0v) is 10.3. The monoisotopic (exact) mass is 230 g/mol. The second kappa shape index (κ2) is 4.67. The van der Waals surface area contributed by atoms with Gasteiger partial charge in [-0.05, 0) is 25.1 Å². The van der Waals surface area contributed by atoms with Crippen LogP contribution in [0.2, 0.25) is 0 Å². The van der Waals surface area contributed by atoms with Crippen LogP contribution in [0.1, 0.15) is 26.1 Å². The van der Waals surface area contributed by atoms with Crippen molar-refractivity contribution in [3.63, 3.8) is 0 Å². The van der Waals surface area contributed by atoms with Crippen molar-refractivity contribution in [2.45, 2.75) is 25.7 Å². The first-order chi connectivity index (χ1) is 8.13. The van der Waals surface area contributed by atoms with Gasteiger partial charge in [0.2, 0.25) is 0 Å². The number of nitrogens with one attached hydrogen (secondary N) is 1. The number of rotatable bonds is 4. The van der Waals surface area contributed by atoms with E-state index in [4.69, 9.17) is 5.73 Å². The molecule has 0 amide bonds. The summed E-state index contributed by atoms with van der Waals surface area (Å²) in [7, 11) is 0. The van der Waals surface area contributed by atoms with Crippen LogP contribution in [-0.2, 0) is 5.41 Å². The Kier molecular flexibility index (Phi) is 3.24. The number of hydrogen-bond acceptors (Lipinski definition) is 3. The van der Waals surface area contributed by atoms with Gasteiger partial charge in [-0.15, -0.1) is 0 Å². The number of aromatic amines is 1. The van der Waals surface area contributed by atoms with Crippen LogP contribution < -0.4 is 5.73 Å². The van der Waals surface area contributed by atoms with Gasteiger partial charge in [0.1, 0.15) is 5.82 Å². The second-order valence-electron chi connectivity index (χ2n) is 4.79. The maximum Gasteiger partial charge on any atom is 0.134 e. The summed E-state index contributed by atoms with van der Waals surface area (Å²) in [5, 5.41) is 0. The number of H-pyrrole nitrogens is 1. The zero-order valence-electron chi connectivity index (χ0n) is 10.3. The summed E-state index contributed by atoms with van der Waals surface area (Å²) in [5.74, 6) is 0.849. The maximum absolute atomic E-state index is 5.62. The Morgan fingerprint density at radius 1 is 1.35 bits per heavy atom. The lowest BCUT2D eigenvalue weighted by Gasteiger charge is -2.22. The molecule has 2 heterocycles. The van der Waals surface area contributed by atoms with E-state index in [1.165, 1.54) is 0 Å². The third kappa shape index (κ3) is 2.53. The van der Waals surface area contributed by atoms with Gasteiger partial charge in [-0.3, -0.25) is 0 Å². The Balaban J connectivity index is 2.35. The third-order valence-corrected chi connectivity index (χ3v) is 2.92. The van der Waals surface area contributed by atoms with Crippen molar-refractivity contribution in [3.8, 4) is 11.3 Å². The quantitative estimate of drug-likeness (QED) is 0.845. The van der Waals surface area contributed by atoms with Gasteiger partial charge in [0, 0.05) is 29.6 Å². The molecule has 0 aliphatic heterocycles. The molecule has 4 nitrogen and oxygen atoms in total. The molecule has 0 aromatic carbocycles. The summed E-state index contributed by atoms with van der Waals surface area (Å²) in [6.45, 7) is 4.89. The van der Waals surface area contributed by atoms with Crippen LogP contribution in [0.4, 0.5) is 0 Å². The van der Waals surface area contributed by atoms with E-state index in [2.05, 4.69) is 28.8 Å². The highest BCUT2D eigenvalue weighted by atomic mass is 14.9. The van der Waals surface area contributed by atoms with Gasteiger partial charge >= 0.3 is 0 Å². The molecular weight excluding hydrogens is 212 g/mol. The highest BCUT2D eigenvalue weighted by Gasteiger charge is 2.23. The smallest absolute Gasteiger partial charge is 0.134 e. The lowest BCUT2D eigenvalue weighted by atomic mass is 9.88. The van der Waals surface area contributed by atoms with Crippen molar-refractivity contribution in [1.82, 2.24) is 15.0 Å². The molecule has 0 aliphatic carbocycles. The fourth-order valence-electron chi connectivity index (χ4n) is 1.80. The first-order valence-corrected chi connectivity index (χ1v) is 5.80. The van der Waals surface area contributed by atoms with Crippen LogP contribution in [-0.4, -0.2) is 21.5 Å². The predicted octanol–water partition coefficient (Wildman–Crippen LogP) is 2.10. The highest BCUT2D eigenvalue weighted by Crippen LogP contribution is 2.25. The maximum atomic E-state index is 5.62. The van der Waals surface area contributed by atoms with Crippen molar-refractivity contribution < 1.29 is 0 Å². The molecule has 0 atom stereocenters. The molecule has 2 aromatic heterocycles. The molecule has 17 heavy (non-hydrogen) atoms. The summed E-state index contributed by atoms with van der Waals surface area (Å²) >= 11 is 0. The fraction of sp³-hybridized carbons (Fsp3) is 0.385. The molecule has 2 rings (SSSR count). The Morgan fingerprint density at radius 2 is 2.18 bits per heavy atom. The van der Waals surface area contributed by atoms with E-state index in [0.717, 1.165) is 23.5 Å². The molecule has 0 spiro atoms. The Hall–Kier alpha value is -1.68. The summed E-state index contributed by atoms with van der Waals surface area (Å²) in [6, 6.07) is 3.92. The minimum atomic E-state index is -0.0823. The minimum Gasteiger partial charge on any atom is -0.367 e. The molecule has 0 saturated carbocycles. The Labute approximate surface area is 101 Å². The largest absolute Gasteiger partial charge is 0.367 e. The van der Waals surface area contributed by atoms with Crippen LogP contribution in [0.25, 0.3) is 11.3 Å². The predicted molar refractivity (Wildman–Crippen MR) is 68.5 cm³/mol. The van der Waals surface area contributed by atoms with E-state index in [9.17, 15) is 0 Å². The number of aromatic nitrogens is 3. The van der Waals surface area contributed by atoms with Crippen molar-refractivity contribution in [2.24, 2.45) is 5.73 Å². The van der Waals surface area contributed by atoms with E-state index in [1.807, 2.05) is 30.7 Å². The molecule has 0 saturated heterocycles. The topological polar surface area (TPSA) is 67.6 Å². The van der Waals surface area contributed by atoms with Gasteiger partial charge in [-0.1, -0.05) is 13.8 Å². The molecule has 3 N–H and O–H groups in total. The van der Waals surface area contributed by atoms with Gasteiger partial charge in [0.15, 0.2) is 0 Å². The van der Waals surface area contributed by atoms with Crippen LogP contribution in [0.3, 0.4) is 0 Å². The van der Waals surface area contributed by atoms with E-state index in [0.29, 0.717) is 6.54 Å². The van der Waals surface area contributed by atoms with Crippen molar-refractivity contribution in [3.05, 3.63) is 36.5 Å². The van der Waals surface area contributed by atoms with Gasteiger partial charge in [0.25, 0.3) is 0 Å². The summed E-state index contributed by atoms with van der Waals surface area (Å²) in [5.41, 5.74) is 7.57. The highest BCUT2D eigenvalue weighted by molar-refractivity contribution is 5.57. The van der Waals surface area contributed by atoms with Crippen molar-refractivity contribution >= 4 is 0 Å². The number of hydrogen-bond donors (Lipinski definition) is 2. The second-order valence-corrected chi connectivity index (χ2v) is 4.79. The molecule has 4 heteroatoms. The van der Waals surface area contributed by atoms with Gasteiger partial charge in [-0.25, -0.2) is 9.97 Å². The molecular formula is C13H18N4. The molecule has 0 aliphatic rings. The lowest BCUT2D eigenvalue weighted by Crippen LogP contribution is -2.24. The fourth-order valence-corrected chi connectivity index (χ4v) is 1.80. The Bertz CT molecular complexity index is 474. The van der Waals surface area contributed by atoms with E-state index < -0.39 is 0 Å². The SMILES string of the molecule is CC(C)(CCN)c1nccc(-c2cc[nH]c2)n1. The van der Waals surface area contributed by atoms with Crippen LogP contribution in [0, 0.1) is 0 Å². The molecule has 0 unspecified atom stereocenters. The van der Waals surface area contributed by atoms with Gasteiger partial charge < -0.3 is 10.7 Å². The third-order valence-electron chi connectivity index (χ3n) is 2.92. The van der Waals surface area contributed by atoms with Gasteiger partial charge in [-0.2, -0.15) is 0 Å². The summed E-state index contributed by atoms with van der Waals surface area (Å²) < 4.78 is 0. The van der Waals surface area contributed by atoms with Crippen LogP contribution in [0.5, 0.6) is 0 Å². The molecule has 0 bridgehead atoms. The van der Waals surface area contributed by atoms with Gasteiger partial charge in [0.05, 0.1) is 5.69 Å². The lowest BCUT2D eigenvalue weighted by molar-refractivity contribution is 0.457. The molecule has 2 aromatic rings.